The molecule has 1 saturated heterocycles. The molecule has 1 aliphatic rings. The van der Waals surface area contributed by atoms with Gasteiger partial charge in [-0.1, -0.05) is 17.7 Å². The van der Waals surface area contributed by atoms with E-state index in [9.17, 15) is 4.79 Å². The minimum absolute atomic E-state index is 0.252. The maximum atomic E-state index is 12.3. The third-order valence-electron chi connectivity index (χ3n) is 3.85. The molecule has 6 heteroatoms. The zero-order valence-electron chi connectivity index (χ0n) is 13.4. The van der Waals surface area contributed by atoms with Crippen LogP contribution in [0.1, 0.15) is 21.6 Å². The summed E-state index contributed by atoms with van der Waals surface area (Å²) in [5.74, 6) is 0.523. The predicted molar refractivity (Wildman–Crippen MR) is 88.9 cm³/mol. The van der Waals surface area contributed by atoms with E-state index in [1.54, 1.807) is 6.07 Å². The second kappa shape index (κ2) is 6.75. The van der Waals surface area contributed by atoms with Gasteiger partial charge in [-0.15, -0.1) is 10.2 Å². The van der Waals surface area contributed by atoms with E-state index < -0.39 is 0 Å². The fourth-order valence-corrected chi connectivity index (χ4v) is 2.55. The monoisotopic (exact) mass is 312 g/mol. The van der Waals surface area contributed by atoms with Crippen LogP contribution in [0, 0.1) is 13.8 Å². The van der Waals surface area contributed by atoms with Gasteiger partial charge in [-0.3, -0.25) is 4.79 Å². The van der Waals surface area contributed by atoms with Crippen LogP contribution in [0.4, 0.5) is 11.5 Å². The third-order valence-corrected chi connectivity index (χ3v) is 3.85. The summed E-state index contributed by atoms with van der Waals surface area (Å²) in [6.45, 7) is 6.96. The Labute approximate surface area is 135 Å². The van der Waals surface area contributed by atoms with Crippen LogP contribution in [0.25, 0.3) is 0 Å². The van der Waals surface area contributed by atoms with E-state index in [1.807, 2.05) is 38.1 Å². The number of nitrogens with one attached hydrogen (secondary N) is 1. The maximum absolute atomic E-state index is 12.3. The SMILES string of the molecule is Cc1ccc(NC(=O)c2ccc(N3CCOCC3)nn2)c(C)c1. The molecule has 120 valence electrons. The first kappa shape index (κ1) is 15.4. The summed E-state index contributed by atoms with van der Waals surface area (Å²) >= 11 is 0. The Kier molecular flexibility index (Phi) is 4.52. The lowest BCUT2D eigenvalue weighted by molar-refractivity contribution is 0.102. The highest BCUT2D eigenvalue weighted by molar-refractivity contribution is 6.03. The molecule has 1 aromatic carbocycles. The number of anilines is 2. The molecule has 6 nitrogen and oxygen atoms in total. The van der Waals surface area contributed by atoms with E-state index in [-0.39, 0.29) is 5.91 Å². The Morgan fingerprint density at radius 1 is 1.13 bits per heavy atom. The molecule has 3 rings (SSSR count). The average molecular weight is 312 g/mol. The second-order valence-corrected chi connectivity index (χ2v) is 5.65. The Hall–Kier alpha value is -2.47. The molecule has 0 bridgehead atoms. The molecule has 1 amide bonds. The minimum atomic E-state index is -0.252. The van der Waals surface area contributed by atoms with Crippen molar-refractivity contribution in [2.45, 2.75) is 13.8 Å². The van der Waals surface area contributed by atoms with Gasteiger partial charge >= 0.3 is 0 Å². The molecule has 0 aliphatic carbocycles. The molecule has 1 aliphatic heterocycles. The van der Waals surface area contributed by atoms with Crippen LogP contribution in [0.2, 0.25) is 0 Å². The van der Waals surface area contributed by atoms with Crippen LogP contribution >= 0.6 is 0 Å². The highest BCUT2D eigenvalue weighted by Gasteiger charge is 2.15. The molecule has 0 unspecified atom stereocenters. The van der Waals surface area contributed by atoms with E-state index in [4.69, 9.17) is 4.74 Å². The van der Waals surface area contributed by atoms with Gasteiger partial charge in [0.15, 0.2) is 11.5 Å². The Morgan fingerprint density at radius 2 is 1.91 bits per heavy atom. The minimum Gasteiger partial charge on any atom is -0.378 e. The summed E-state index contributed by atoms with van der Waals surface area (Å²) < 4.78 is 5.32. The molecular formula is C17H20N4O2. The zero-order valence-corrected chi connectivity index (χ0v) is 13.4. The van der Waals surface area contributed by atoms with Gasteiger partial charge in [0.1, 0.15) is 0 Å². The quantitative estimate of drug-likeness (QED) is 0.941. The summed E-state index contributed by atoms with van der Waals surface area (Å²) in [6, 6.07) is 9.43. The predicted octanol–water partition coefficient (Wildman–Crippen LogP) is 2.18. The highest BCUT2D eigenvalue weighted by atomic mass is 16.5. The lowest BCUT2D eigenvalue weighted by Gasteiger charge is -2.27. The number of nitrogens with zero attached hydrogens (tertiary/aromatic N) is 3. The fraction of sp³-hybridized carbons (Fsp3) is 0.353. The first-order valence-corrected chi connectivity index (χ1v) is 7.68. The van der Waals surface area contributed by atoms with Crippen molar-refractivity contribution in [3.63, 3.8) is 0 Å². The van der Waals surface area contributed by atoms with Gasteiger partial charge in [0.2, 0.25) is 0 Å². The highest BCUT2D eigenvalue weighted by Crippen LogP contribution is 2.17. The maximum Gasteiger partial charge on any atom is 0.276 e. The van der Waals surface area contributed by atoms with Gasteiger partial charge in [-0.25, -0.2) is 0 Å². The van der Waals surface area contributed by atoms with Gasteiger partial charge in [0.25, 0.3) is 5.91 Å². The van der Waals surface area contributed by atoms with Gasteiger partial charge in [-0.05, 0) is 37.6 Å². The first-order valence-electron chi connectivity index (χ1n) is 7.68. The molecule has 0 atom stereocenters. The molecule has 1 fully saturated rings. The number of hydrogen-bond acceptors (Lipinski definition) is 5. The number of benzene rings is 1. The smallest absolute Gasteiger partial charge is 0.276 e. The lowest BCUT2D eigenvalue weighted by Crippen LogP contribution is -2.37. The second-order valence-electron chi connectivity index (χ2n) is 5.65. The third kappa shape index (κ3) is 3.65. The largest absolute Gasteiger partial charge is 0.378 e. The first-order chi connectivity index (χ1) is 11.1. The van der Waals surface area contributed by atoms with Crippen molar-refractivity contribution in [2.24, 2.45) is 0 Å². The number of aromatic nitrogens is 2. The van der Waals surface area contributed by atoms with E-state index in [0.717, 1.165) is 35.7 Å². The van der Waals surface area contributed by atoms with Gasteiger partial charge in [0.05, 0.1) is 13.2 Å². The van der Waals surface area contributed by atoms with Crippen LogP contribution in [-0.2, 0) is 4.74 Å². The molecule has 23 heavy (non-hydrogen) atoms. The Balaban J connectivity index is 1.69. The normalized spacial score (nSPS) is 14.6. The van der Waals surface area contributed by atoms with Gasteiger partial charge in [-0.2, -0.15) is 0 Å². The fourth-order valence-electron chi connectivity index (χ4n) is 2.55. The van der Waals surface area contributed by atoms with E-state index in [1.165, 1.54) is 0 Å². The van der Waals surface area contributed by atoms with E-state index in [0.29, 0.717) is 18.9 Å². The summed E-state index contributed by atoms with van der Waals surface area (Å²) in [4.78, 5) is 14.4. The molecule has 0 radical (unpaired) electrons. The van der Waals surface area contributed by atoms with Crippen molar-refractivity contribution in [1.82, 2.24) is 10.2 Å². The van der Waals surface area contributed by atoms with Gasteiger partial charge in [0, 0.05) is 18.8 Å². The molecule has 2 aromatic rings. The van der Waals surface area contributed by atoms with Crippen molar-refractivity contribution in [1.29, 1.82) is 0 Å². The van der Waals surface area contributed by atoms with Crippen molar-refractivity contribution in [2.75, 3.05) is 36.5 Å². The Morgan fingerprint density at radius 3 is 2.57 bits per heavy atom. The number of carbonyl (C=O) groups is 1. The number of ether oxygens (including phenoxy) is 1. The summed E-state index contributed by atoms with van der Waals surface area (Å²) in [5, 5.41) is 11.1. The molecule has 0 spiro atoms. The number of rotatable bonds is 3. The van der Waals surface area contributed by atoms with Crippen LogP contribution in [0.5, 0.6) is 0 Å². The van der Waals surface area contributed by atoms with Crippen LogP contribution < -0.4 is 10.2 Å². The number of morpholine rings is 1. The van der Waals surface area contributed by atoms with Crippen molar-refractivity contribution in [3.05, 3.63) is 47.2 Å². The zero-order chi connectivity index (χ0) is 16.2. The Bertz CT molecular complexity index is 694. The number of aryl methyl sites for hydroxylation is 2. The van der Waals surface area contributed by atoms with Crippen molar-refractivity contribution >= 4 is 17.4 Å². The standard InChI is InChI=1S/C17H20N4O2/c1-12-3-4-14(13(2)11-12)18-17(22)15-5-6-16(20-19-15)21-7-9-23-10-8-21/h3-6,11H,7-10H2,1-2H3,(H,18,22). The van der Waals surface area contributed by atoms with Crippen LogP contribution in [0.3, 0.4) is 0 Å². The van der Waals surface area contributed by atoms with Crippen molar-refractivity contribution < 1.29 is 9.53 Å². The van der Waals surface area contributed by atoms with Crippen LogP contribution in [0.15, 0.2) is 30.3 Å². The summed E-state index contributed by atoms with van der Waals surface area (Å²) in [5.41, 5.74) is 3.29. The lowest BCUT2D eigenvalue weighted by atomic mass is 10.1. The molecule has 1 aromatic heterocycles. The van der Waals surface area contributed by atoms with E-state index >= 15 is 0 Å². The molecule has 2 heterocycles. The summed E-state index contributed by atoms with van der Waals surface area (Å²) in [6.07, 6.45) is 0. The molecule has 0 saturated carbocycles. The van der Waals surface area contributed by atoms with Crippen molar-refractivity contribution in [3.8, 4) is 0 Å². The van der Waals surface area contributed by atoms with E-state index in [2.05, 4.69) is 20.4 Å². The molecule has 1 N–H and O–H groups in total. The topological polar surface area (TPSA) is 67.4 Å². The average Bonchev–Trinajstić information content (AvgIpc) is 2.58. The molecular weight excluding hydrogens is 292 g/mol. The number of carbonyl (C=O) groups excluding carboxylic acids is 1. The number of hydrogen-bond donors (Lipinski definition) is 1. The number of amides is 1. The van der Waals surface area contributed by atoms with Gasteiger partial charge < -0.3 is 15.0 Å². The van der Waals surface area contributed by atoms with Crippen LogP contribution in [-0.4, -0.2) is 42.4 Å². The summed E-state index contributed by atoms with van der Waals surface area (Å²) in [7, 11) is 0.